The van der Waals surface area contributed by atoms with Crippen molar-refractivity contribution in [2.45, 2.75) is 12.2 Å². The van der Waals surface area contributed by atoms with Gasteiger partial charge in [0, 0.05) is 13.1 Å². The number of hydrogen-bond acceptors (Lipinski definition) is 6. The van der Waals surface area contributed by atoms with E-state index in [-0.39, 0.29) is 0 Å². The summed E-state index contributed by atoms with van der Waals surface area (Å²) in [6, 6.07) is 3.89. The second-order valence-corrected chi connectivity index (χ2v) is 5.12. The normalized spacial score (nSPS) is 24.7. The van der Waals surface area contributed by atoms with E-state index in [1.807, 2.05) is 17.0 Å². The van der Waals surface area contributed by atoms with E-state index in [0.717, 1.165) is 15.9 Å². The molecule has 0 saturated carbocycles. The molecule has 1 aliphatic heterocycles. The van der Waals surface area contributed by atoms with Gasteiger partial charge in [-0.1, -0.05) is 0 Å². The monoisotopic (exact) mass is 251 g/mol. The molecule has 2 aromatic rings. The Kier molecular flexibility index (Phi) is 2.43. The lowest BCUT2D eigenvalue weighted by Gasteiger charge is -2.19. The van der Waals surface area contributed by atoms with Gasteiger partial charge in [0.1, 0.15) is 5.52 Å². The van der Waals surface area contributed by atoms with Crippen LogP contribution in [0.25, 0.3) is 10.2 Å². The zero-order chi connectivity index (χ0) is 12.0. The van der Waals surface area contributed by atoms with E-state index in [1.165, 1.54) is 0 Å². The second kappa shape index (κ2) is 3.83. The Morgan fingerprint density at radius 1 is 1.29 bits per heavy atom. The molecule has 17 heavy (non-hydrogen) atoms. The number of rotatable bonds is 1. The number of aromatic nitrogens is 1. The molecule has 1 aromatic carbocycles. The molecule has 90 valence electrons. The van der Waals surface area contributed by atoms with Gasteiger partial charge in [-0.15, -0.1) is 11.3 Å². The predicted molar refractivity (Wildman–Crippen MR) is 68.3 cm³/mol. The van der Waals surface area contributed by atoms with Gasteiger partial charge in [-0.2, -0.15) is 0 Å². The maximum atomic E-state index is 9.55. The Bertz CT molecular complexity index is 547. The number of nitrogens with zero attached hydrogens (tertiary/aromatic N) is 2. The van der Waals surface area contributed by atoms with E-state index in [9.17, 15) is 10.2 Å². The summed E-state index contributed by atoms with van der Waals surface area (Å²) < 4.78 is 1.05. The van der Waals surface area contributed by atoms with E-state index in [1.54, 1.807) is 16.8 Å². The van der Waals surface area contributed by atoms with Gasteiger partial charge in [-0.3, -0.25) is 0 Å². The molecule has 0 radical (unpaired) electrons. The van der Waals surface area contributed by atoms with Gasteiger partial charge in [-0.05, 0) is 12.1 Å². The largest absolute Gasteiger partial charge is 0.395 e. The van der Waals surface area contributed by atoms with Crippen LogP contribution in [0.5, 0.6) is 0 Å². The number of nitrogen functional groups attached to an aromatic ring is 1. The summed E-state index contributed by atoms with van der Waals surface area (Å²) in [7, 11) is 0. The molecule has 5 nitrogen and oxygen atoms in total. The molecular formula is C11H13N3O2S. The first-order valence-corrected chi connectivity index (χ1v) is 6.27. The zero-order valence-corrected chi connectivity index (χ0v) is 9.89. The maximum absolute atomic E-state index is 9.55. The number of thiazole rings is 1. The quantitative estimate of drug-likeness (QED) is 0.640. The van der Waals surface area contributed by atoms with Gasteiger partial charge in [0.05, 0.1) is 33.8 Å². The van der Waals surface area contributed by atoms with E-state index in [2.05, 4.69) is 4.98 Å². The third-order valence-electron chi connectivity index (χ3n) is 3.12. The average Bonchev–Trinajstić information content (AvgIpc) is 2.88. The first kappa shape index (κ1) is 10.8. The summed E-state index contributed by atoms with van der Waals surface area (Å²) in [5.41, 5.74) is 10.1. The van der Waals surface area contributed by atoms with Crippen LogP contribution in [0.3, 0.4) is 0 Å². The number of fused-ring (bicyclic) bond motifs is 1. The van der Waals surface area contributed by atoms with Crippen LogP contribution >= 0.6 is 11.3 Å². The SMILES string of the molecule is Nc1c(N2CC(O)C(O)C2)ccc2scnc12. The van der Waals surface area contributed by atoms with E-state index >= 15 is 0 Å². The minimum absolute atomic E-state index is 0.404. The van der Waals surface area contributed by atoms with Crippen LogP contribution in [0.1, 0.15) is 0 Å². The average molecular weight is 251 g/mol. The molecule has 0 amide bonds. The van der Waals surface area contributed by atoms with Crippen molar-refractivity contribution >= 4 is 32.9 Å². The third-order valence-corrected chi connectivity index (χ3v) is 3.91. The van der Waals surface area contributed by atoms with Crippen LogP contribution in [-0.4, -0.2) is 40.5 Å². The second-order valence-electron chi connectivity index (χ2n) is 4.24. The van der Waals surface area contributed by atoms with Crippen molar-refractivity contribution in [3.05, 3.63) is 17.6 Å². The number of anilines is 2. The molecule has 0 aliphatic carbocycles. The molecule has 2 unspecified atom stereocenters. The lowest BCUT2D eigenvalue weighted by atomic mass is 10.2. The molecule has 1 aromatic heterocycles. The summed E-state index contributed by atoms with van der Waals surface area (Å²) in [6.07, 6.45) is -1.42. The lowest BCUT2D eigenvalue weighted by molar-refractivity contribution is 0.0572. The van der Waals surface area contributed by atoms with Gasteiger partial charge in [-0.25, -0.2) is 4.98 Å². The minimum Gasteiger partial charge on any atom is -0.395 e. The van der Waals surface area contributed by atoms with Crippen molar-refractivity contribution in [1.29, 1.82) is 0 Å². The third kappa shape index (κ3) is 1.65. The van der Waals surface area contributed by atoms with Crippen LogP contribution < -0.4 is 10.6 Å². The molecule has 0 bridgehead atoms. The van der Waals surface area contributed by atoms with Crippen LogP contribution in [0.2, 0.25) is 0 Å². The Labute approximate surface area is 102 Å². The highest BCUT2D eigenvalue weighted by Crippen LogP contribution is 2.34. The van der Waals surface area contributed by atoms with E-state index in [0.29, 0.717) is 18.8 Å². The number of β-amino-alcohol motifs (C(OH)–C–C–N with tert-alkyl or cyclic N) is 2. The van der Waals surface area contributed by atoms with Gasteiger partial charge < -0.3 is 20.8 Å². The Balaban J connectivity index is 2.03. The standard InChI is InChI=1S/C11H13N3O2S/c12-10-6(14-3-7(15)8(16)4-14)1-2-9-11(10)13-5-17-9/h1-2,5,7-8,15-16H,3-4,12H2. The first-order valence-electron chi connectivity index (χ1n) is 5.39. The smallest absolute Gasteiger partial charge is 0.106 e. The molecule has 2 heterocycles. The molecule has 3 rings (SSSR count). The number of aliphatic hydroxyl groups is 2. The number of aliphatic hydroxyl groups excluding tert-OH is 2. The molecular weight excluding hydrogens is 238 g/mol. The summed E-state index contributed by atoms with van der Waals surface area (Å²) in [4.78, 5) is 6.12. The van der Waals surface area contributed by atoms with Crippen LogP contribution in [0.15, 0.2) is 17.6 Å². The van der Waals surface area contributed by atoms with Gasteiger partial charge >= 0.3 is 0 Å². The van der Waals surface area contributed by atoms with Crippen molar-refractivity contribution in [2.75, 3.05) is 23.7 Å². The van der Waals surface area contributed by atoms with Crippen LogP contribution in [-0.2, 0) is 0 Å². The molecule has 1 saturated heterocycles. The molecule has 1 aliphatic rings. The Morgan fingerprint density at radius 3 is 2.71 bits per heavy atom. The summed E-state index contributed by atoms with van der Waals surface area (Å²) in [5, 5.41) is 19.1. The summed E-state index contributed by atoms with van der Waals surface area (Å²) in [5.74, 6) is 0. The lowest BCUT2D eigenvalue weighted by Crippen LogP contribution is -2.22. The van der Waals surface area contributed by atoms with Crippen molar-refractivity contribution < 1.29 is 10.2 Å². The van der Waals surface area contributed by atoms with Crippen molar-refractivity contribution in [1.82, 2.24) is 4.98 Å². The van der Waals surface area contributed by atoms with E-state index in [4.69, 9.17) is 5.73 Å². The Hall–Kier alpha value is -1.37. The fourth-order valence-electron chi connectivity index (χ4n) is 2.18. The highest BCUT2D eigenvalue weighted by atomic mass is 32.1. The number of hydrogen-bond donors (Lipinski definition) is 3. The molecule has 0 spiro atoms. The predicted octanol–water partition coefficient (Wildman–Crippen LogP) is 0.420. The first-order chi connectivity index (χ1) is 8.16. The maximum Gasteiger partial charge on any atom is 0.106 e. The molecule has 4 N–H and O–H groups in total. The molecule has 1 fully saturated rings. The van der Waals surface area contributed by atoms with Gasteiger partial charge in [0.25, 0.3) is 0 Å². The molecule has 2 atom stereocenters. The highest BCUT2D eigenvalue weighted by Gasteiger charge is 2.30. The minimum atomic E-state index is -0.708. The summed E-state index contributed by atoms with van der Waals surface area (Å²) in [6.45, 7) is 0.808. The Morgan fingerprint density at radius 2 is 2.00 bits per heavy atom. The van der Waals surface area contributed by atoms with Crippen LogP contribution in [0, 0.1) is 0 Å². The van der Waals surface area contributed by atoms with Crippen LogP contribution in [0.4, 0.5) is 11.4 Å². The fourth-order valence-corrected chi connectivity index (χ4v) is 2.88. The topological polar surface area (TPSA) is 82.6 Å². The van der Waals surface area contributed by atoms with Gasteiger partial charge in [0.15, 0.2) is 0 Å². The number of nitrogens with two attached hydrogens (primary N) is 1. The van der Waals surface area contributed by atoms with Crippen molar-refractivity contribution in [2.24, 2.45) is 0 Å². The fraction of sp³-hybridized carbons (Fsp3) is 0.364. The summed E-state index contributed by atoms with van der Waals surface area (Å²) >= 11 is 1.55. The van der Waals surface area contributed by atoms with E-state index < -0.39 is 12.2 Å². The van der Waals surface area contributed by atoms with Crippen molar-refractivity contribution in [3.63, 3.8) is 0 Å². The zero-order valence-electron chi connectivity index (χ0n) is 9.08. The van der Waals surface area contributed by atoms with Crippen molar-refractivity contribution in [3.8, 4) is 0 Å². The molecule has 6 heteroatoms. The van der Waals surface area contributed by atoms with Gasteiger partial charge in [0.2, 0.25) is 0 Å². The highest BCUT2D eigenvalue weighted by molar-refractivity contribution is 7.16. The number of benzene rings is 1.